The van der Waals surface area contributed by atoms with Gasteiger partial charge in [0.25, 0.3) is 0 Å². The largest absolute Gasteiger partial charge is 0.497 e. The van der Waals surface area contributed by atoms with Crippen LogP contribution in [0.2, 0.25) is 0 Å². The Labute approximate surface area is 191 Å². The summed E-state index contributed by atoms with van der Waals surface area (Å²) in [6, 6.07) is 22.2. The van der Waals surface area contributed by atoms with E-state index in [1.807, 2.05) is 67.6 Å². The second-order valence-electron chi connectivity index (χ2n) is 7.33. The third-order valence-electron chi connectivity index (χ3n) is 5.25. The molecule has 166 valence electrons. The lowest BCUT2D eigenvalue weighted by Crippen LogP contribution is -2.08. The average molecular weight is 441 g/mol. The first-order valence-electron chi connectivity index (χ1n) is 10.3. The fraction of sp³-hybridized carbons (Fsp3) is 0.115. The van der Waals surface area contributed by atoms with Gasteiger partial charge in [-0.15, -0.1) is 0 Å². The minimum Gasteiger partial charge on any atom is -0.497 e. The van der Waals surface area contributed by atoms with Crippen molar-refractivity contribution in [1.82, 2.24) is 4.98 Å². The summed E-state index contributed by atoms with van der Waals surface area (Å²) in [5.74, 6) is -0.467. The van der Waals surface area contributed by atoms with E-state index in [0.29, 0.717) is 28.0 Å². The number of benzene rings is 3. The minimum atomic E-state index is -1.08. The number of anilines is 2. The lowest BCUT2D eigenvalue weighted by atomic mass is 10.00. The fourth-order valence-corrected chi connectivity index (χ4v) is 3.64. The molecule has 7 nitrogen and oxygen atoms in total. The second-order valence-corrected chi connectivity index (χ2v) is 7.33. The minimum absolute atomic E-state index is 0.0863. The molecule has 1 heterocycles. The number of pyridine rings is 1. The van der Waals surface area contributed by atoms with Crippen LogP contribution in [0, 0.1) is 0 Å². The van der Waals surface area contributed by atoms with E-state index in [1.54, 1.807) is 19.2 Å². The number of oxime groups is 1. The summed E-state index contributed by atoms with van der Waals surface area (Å²) in [5.41, 5.74) is 4.65. The predicted octanol–water partition coefficient (Wildman–Crippen LogP) is 5.72. The quantitative estimate of drug-likeness (QED) is 0.281. The summed E-state index contributed by atoms with van der Waals surface area (Å²) in [6.07, 6.45) is 0. The van der Waals surface area contributed by atoms with Crippen LogP contribution in [0.5, 0.6) is 5.75 Å². The molecule has 0 aliphatic rings. The van der Waals surface area contributed by atoms with Crippen molar-refractivity contribution in [3.8, 4) is 17.0 Å². The SMILES string of the molecule is CO/N=C(\C)c1ccc(Nc2c(C(=O)O)c(-c3ccccc3)nc3ccc(OC)cc23)cc1. The Bertz CT molecular complexity index is 1330. The zero-order chi connectivity index (χ0) is 23.4. The third kappa shape index (κ3) is 4.48. The van der Waals surface area contributed by atoms with E-state index in [1.165, 1.54) is 7.11 Å². The summed E-state index contributed by atoms with van der Waals surface area (Å²) in [6.45, 7) is 1.85. The maximum Gasteiger partial charge on any atom is 0.340 e. The number of hydrogen-bond donors (Lipinski definition) is 2. The van der Waals surface area contributed by atoms with Crippen LogP contribution in [0.1, 0.15) is 22.8 Å². The highest BCUT2D eigenvalue weighted by atomic mass is 16.6. The van der Waals surface area contributed by atoms with Crippen LogP contribution in [0.25, 0.3) is 22.2 Å². The molecule has 3 aromatic carbocycles. The molecule has 0 aliphatic carbocycles. The van der Waals surface area contributed by atoms with E-state index >= 15 is 0 Å². The lowest BCUT2D eigenvalue weighted by molar-refractivity contribution is 0.0698. The van der Waals surface area contributed by atoms with Gasteiger partial charge in [-0.2, -0.15) is 0 Å². The van der Waals surface area contributed by atoms with Crippen molar-refractivity contribution in [1.29, 1.82) is 0 Å². The molecule has 0 saturated carbocycles. The number of rotatable bonds is 7. The molecule has 0 amide bonds. The first kappa shape index (κ1) is 21.8. The van der Waals surface area contributed by atoms with Gasteiger partial charge < -0.3 is 20.0 Å². The number of ether oxygens (including phenoxy) is 1. The first-order chi connectivity index (χ1) is 16.0. The number of carboxylic acid groups (broad SMARTS) is 1. The summed E-state index contributed by atoms with van der Waals surface area (Å²) < 4.78 is 5.38. The van der Waals surface area contributed by atoms with Gasteiger partial charge in [-0.1, -0.05) is 47.6 Å². The van der Waals surface area contributed by atoms with E-state index in [2.05, 4.69) is 10.5 Å². The highest BCUT2D eigenvalue weighted by molar-refractivity contribution is 6.10. The summed E-state index contributed by atoms with van der Waals surface area (Å²) in [4.78, 5) is 22.0. The van der Waals surface area contributed by atoms with E-state index in [4.69, 9.17) is 14.6 Å². The number of fused-ring (bicyclic) bond motifs is 1. The molecular weight excluding hydrogens is 418 g/mol. The molecule has 4 aromatic rings. The maximum atomic E-state index is 12.5. The molecule has 1 aromatic heterocycles. The molecule has 0 radical (unpaired) electrons. The lowest BCUT2D eigenvalue weighted by Gasteiger charge is -2.17. The summed E-state index contributed by atoms with van der Waals surface area (Å²) in [5, 5.41) is 18.1. The van der Waals surface area contributed by atoms with Crippen molar-refractivity contribution in [3.05, 3.63) is 83.9 Å². The van der Waals surface area contributed by atoms with E-state index < -0.39 is 5.97 Å². The van der Waals surface area contributed by atoms with Crippen molar-refractivity contribution in [3.63, 3.8) is 0 Å². The van der Waals surface area contributed by atoms with Crippen LogP contribution in [-0.2, 0) is 4.84 Å². The average Bonchev–Trinajstić information content (AvgIpc) is 2.84. The molecule has 4 rings (SSSR count). The molecule has 0 unspecified atom stereocenters. The maximum absolute atomic E-state index is 12.5. The Hall–Kier alpha value is -4.39. The number of nitrogens with zero attached hydrogens (tertiary/aromatic N) is 2. The van der Waals surface area contributed by atoms with Gasteiger partial charge in [-0.3, -0.25) is 0 Å². The van der Waals surface area contributed by atoms with E-state index in [9.17, 15) is 9.90 Å². The van der Waals surface area contributed by atoms with Gasteiger partial charge in [-0.25, -0.2) is 9.78 Å². The molecule has 0 aliphatic heterocycles. The van der Waals surface area contributed by atoms with Gasteiger partial charge in [0, 0.05) is 16.6 Å². The highest BCUT2D eigenvalue weighted by Crippen LogP contribution is 2.37. The van der Waals surface area contributed by atoms with Gasteiger partial charge in [0.2, 0.25) is 0 Å². The Morgan fingerprint density at radius 1 is 1.00 bits per heavy atom. The molecule has 0 atom stereocenters. The first-order valence-corrected chi connectivity index (χ1v) is 10.3. The summed E-state index contributed by atoms with van der Waals surface area (Å²) in [7, 11) is 3.07. The van der Waals surface area contributed by atoms with Gasteiger partial charge in [0.05, 0.1) is 29.7 Å². The van der Waals surface area contributed by atoms with Crippen molar-refractivity contribution < 1.29 is 19.5 Å². The van der Waals surface area contributed by atoms with Gasteiger partial charge in [-0.05, 0) is 42.8 Å². The number of carboxylic acids is 1. The van der Waals surface area contributed by atoms with Crippen LogP contribution in [0.15, 0.2) is 78.0 Å². The second kappa shape index (κ2) is 9.40. The molecule has 0 saturated heterocycles. The number of hydrogen-bond acceptors (Lipinski definition) is 6. The Balaban J connectivity index is 1.92. The van der Waals surface area contributed by atoms with Gasteiger partial charge in [0.1, 0.15) is 18.4 Å². The zero-order valence-electron chi connectivity index (χ0n) is 18.5. The van der Waals surface area contributed by atoms with Crippen molar-refractivity contribution in [2.45, 2.75) is 6.92 Å². The monoisotopic (exact) mass is 441 g/mol. The Morgan fingerprint density at radius 3 is 2.36 bits per heavy atom. The molecule has 0 bridgehead atoms. The smallest absolute Gasteiger partial charge is 0.340 e. The molecule has 7 heteroatoms. The van der Waals surface area contributed by atoms with Crippen LogP contribution in [0.4, 0.5) is 11.4 Å². The van der Waals surface area contributed by atoms with Crippen molar-refractivity contribution in [2.24, 2.45) is 5.16 Å². The number of methoxy groups -OCH3 is 1. The fourth-order valence-electron chi connectivity index (χ4n) is 3.64. The van der Waals surface area contributed by atoms with Gasteiger partial charge >= 0.3 is 5.97 Å². The normalized spacial score (nSPS) is 11.3. The molecule has 0 spiro atoms. The van der Waals surface area contributed by atoms with Crippen LogP contribution in [0.3, 0.4) is 0 Å². The molecule has 2 N–H and O–H groups in total. The van der Waals surface area contributed by atoms with Crippen LogP contribution >= 0.6 is 0 Å². The van der Waals surface area contributed by atoms with Crippen LogP contribution in [-0.4, -0.2) is 36.0 Å². The van der Waals surface area contributed by atoms with Crippen molar-refractivity contribution >= 4 is 34.0 Å². The van der Waals surface area contributed by atoms with E-state index in [-0.39, 0.29) is 5.56 Å². The summed E-state index contributed by atoms with van der Waals surface area (Å²) >= 11 is 0. The van der Waals surface area contributed by atoms with E-state index in [0.717, 1.165) is 22.5 Å². The topological polar surface area (TPSA) is 93.0 Å². The highest BCUT2D eigenvalue weighted by Gasteiger charge is 2.22. The zero-order valence-corrected chi connectivity index (χ0v) is 18.5. The Kier molecular flexibility index (Phi) is 6.22. The molecular formula is C26H23N3O4. The number of nitrogens with one attached hydrogen (secondary N) is 1. The van der Waals surface area contributed by atoms with Crippen molar-refractivity contribution in [2.75, 3.05) is 19.5 Å². The number of carbonyl (C=O) groups is 1. The number of aromatic nitrogens is 1. The molecule has 33 heavy (non-hydrogen) atoms. The Morgan fingerprint density at radius 2 is 1.73 bits per heavy atom. The standard InChI is InChI=1S/C26H23N3O4/c1-16(29-33-3)17-9-11-19(12-10-17)27-25-21-15-20(32-2)13-14-22(21)28-24(23(25)26(30)31)18-7-5-4-6-8-18/h4-15H,1-3H3,(H,27,28)(H,30,31)/b29-16+. The number of aromatic carboxylic acids is 1. The van der Waals surface area contributed by atoms with Crippen LogP contribution < -0.4 is 10.1 Å². The predicted molar refractivity (Wildman–Crippen MR) is 130 cm³/mol. The molecule has 0 fully saturated rings. The van der Waals surface area contributed by atoms with Gasteiger partial charge in [0.15, 0.2) is 0 Å². The third-order valence-corrected chi connectivity index (χ3v) is 5.25.